The maximum Gasteiger partial charge on any atom is 0.315 e. The lowest BCUT2D eigenvalue weighted by atomic mass is 10.1. The van der Waals surface area contributed by atoms with Gasteiger partial charge in [0.2, 0.25) is 0 Å². The van der Waals surface area contributed by atoms with E-state index in [4.69, 9.17) is 0 Å². The van der Waals surface area contributed by atoms with E-state index >= 15 is 0 Å². The minimum Gasteiger partial charge on any atom is -0.338 e. The largest absolute Gasteiger partial charge is 0.338 e. The summed E-state index contributed by atoms with van der Waals surface area (Å²) >= 11 is 1.78. The molecule has 0 radical (unpaired) electrons. The van der Waals surface area contributed by atoms with Crippen LogP contribution in [0, 0.1) is 5.92 Å². The first kappa shape index (κ1) is 11.5. The van der Waals surface area contributed by atoms with Crippen molar-refractivity contribution in [2.75, 3.05) is 6.54 Å². The van der Waals surface area contributed by atoms with E-state index in [-0.39, 0.29) is 6.03 Å². The van der Waals surface area contributed by atoms with Crippen LogP contribution < -0.4 is 10.6 Å². The fourth-order valence-electron chi connectivity index (χ4n) is 1.58. The fourth-order valence-corrected chi connectivity index (χ4v) is 2.45. The van der Waals surface area contributed by atoms with Gasteiger partial charge in [-0.15, -0.1) is 11.3 Å². The third-order valence-corrected chi connectivity index (χ3v) is 3.55. The number of carbonyl (C=O) groups is 1. The molecule has 0 unspecified atom stereocenters. The van der Waals surface area contributed by atoms with Crippen LogP contribution >= 0.6 is 11.3 Å². The topological polar surface area (TPSA) is 41.1 Å². The zero-order valence-corrected chi connectivity index (χ0v) is 10.3. The van der Waals surface area contributed by atoms with E-state index in [1.807, 2.05) is 0 Å². The maximum atomic E-state index is 11.4. The molecule has 1 aliphatic carbocycles. The molecule has 4 heteroatoms. The van der Waals surface area contributed by atoms with Gasteiger partial charge in [0.15, 0.2) is 0 Å². The first-order valence-electron chi connectivity index (χ1n) is 5.81. The molecule has 1 saturated carbocycles. The molecular weight excluding hydrogens is 220 g/mol. The first-order chi connectivity index (χ1) is 7.74. The second-order valence-electron chi connectivity index (χ2n) is 4.52. The predicted octanol–water partition coefficient (Wildman–Crippen LogP) is 2.39. The highest BCUT2D eigenvalue weighted by Gasteiger charge is 2.23. The lowest BCUT2D eigenvalue weighted by Crippen LogP contribution is -2.39. The second kappa shape index (κ2) is 5.34. The average Bonchev–Trinajstić information content (AvgIpc) is 2.91. The van der Waals surface area contributed by atoms with E-state index in [0.29, 0.717) is 12.0 Å². The van der Waals surface area contributed by atoms with Gasteiger partial charge in [0, 0.05) is 17.5 Å². The molecule has 0 bridgehead atoms. The fraction of sp³-hybridized carbons (Fsp3) is 0.583. The average molecular weight is 238 g/mol. The monoisotopic (exact) mass is 238 g/mol. The summed E-state index contributed by atoms with van der Waals surface area (Å²) in [5, 5.41) is 7.93. The summed E-state index contributed by atoms with van der Waals surface area (Å²) in [6.45, 7) is 2.91. The van der Waals surface area contributed by atoms with Crippen molar-refractivity contribution in [3.8, 4) is 0 Å². The van der Waals surface area contributed by atoms with Gasteiger partial charge in [0.05, 0.1) is 0 Å². The number of thiophene rings is 1. The van der Waals surface area contributed by atoms with E-state index in [9.17, 15) is 4.79 Å². The van der Waals surface area contributed by atoms with E-state index in [1.54, 1.807) is 11.3 Å². The summed E-state index contributed by atoms with van der Waals surface area (Å²) in [5.74, 6) is 0.489. The Morgan fingerprint density at radius 2 is 2.44 bits per heavy atom. The standard InChI is InChI=1S/C12H18N2OS/c1-9(7-11-3-2-6-16-11)8-13-12(15)14-10-4-5-10/h2-3,6,9-10H,4-5,7-8H2,1H3,(H2,13,14,15)/t9-/m1/s1. The molecule has 2 amide bonds. The Kier molecular flexibility index (Phi) is 3.83. The molecule has 0 spiro atoms. The molecule has 3 nitrogen and oxygen atoms in total. The second-order valence-corrected chi connectivity index (χ2v) is 5.55. The third kappa shape index (κ3) is 3.85. The molecule has 1 aliphatic rings. The number of hydrogen-bond donors (Lipinski definition) is 2. The summed E-state index contributed by atoms with van der Waals surface area (Å²) in [6, 6.07) is 4.64. The minimum atomic E-state index is -0.0134. The van der Waals surface area contributed by atoms with Crippen LogP contribution in [0.1, 0.15) is 24.6 Å². The molecule has 0 aliphatic heterocycles. The Hall–Kier alpha value is -1.03. The van der Waals surface area contributed by atoms with Gasteiger partial charge in [-0.25, -0.2) is 4.79 Å². The molecule has 1 aromatic rings. The van der Waals surface area contributed by atoms with Crippen LogP contribution in [0.2, 0.25) is 0 Å². The lowest BCUT2D eigenvalue weighted by molar-refractivity contribution is 0.239. The van der Waals surface area contributed by atoms with Crippen molar-refractivity contribution in [3.05, 3.63) is 22.4 Å². The SMILES string of the molecule is C[C@@H](CNC(=O)NC1CC1)Cc1cccs1. The summed E-state index contributed by atoms with van der Waals surface area (Å²) in [4.78, 5) is 12.8. The Bertz CT molecular complexity index is 333. The molecular formula is C12H18N2OS. The highest BCUT2D eigenvalue weighted by molar-refractivity contribution is 7.09. The molecule has 1 aromatic heterocycles. The van der Waals surface area contributed by atoms with Gasteiger partial charge in [-0.3, -0.25) is 0 Å². The normalized spacial score (nSPS) is 16.8. The summed E-state index contributed by atoms with van der Waals surface area (Å²) in [7, 11) is 0. The van der Waals surface area contributed by atoms with Crippen LogP contribution in [-0.4, -0.2) is 18.6 Å². The Morgan fingerprint density at radius 3 is 3.06 bits per heavy atom. The third-order valence-electron chi connectivity index (χ3n) is 2.65. The maximum absolute atomic E-state index is 11.4. The van der Waals surface area contributed by atoms with Gasteiger partial charge in [-0.1, -0.05) is 13.0 Å². The molecule has 0 saturated heterocycles. The molecule has 1 atom stereocenters. The highest BCUT2D eigenvalue weighted by atomic mass is 32.1. The number of nitrogens with one attached hydrogen (secondary N) is 2. The van der Waals surface area contributed by atoms with Gasteiger partial charge < -0.3 is 10.6 Å². The van der Waals surface area contributed by atoms with Crippen LogP contribution in [-0.2, 0) is 6.42 Å². The van der Waals surface area contributed by atoms with Crippen molar-refractivity contribution in [2.24, 2.45) is 5.92 Å². The van der Waals surface area contributed by atoms with Crippen LogP contribution in [0.4, 0.5) is 4.79 Å². The van der Waals surface area contributed by atoms with E-state index in [1.165, 1.54) is 4.88 Å². The van der Waals surface area contributed by atoms with Gasteiger partial charge in [-0.2, -0.15) is 0 Å². The van der Waals surface area contributed by atoms with Crippen molar-refractivity contribution in [2.45, 2.75) is 32.2 Å². The quantitative estimate of drug-likeness (QED) is 0.812. The van der Waals surface area contributed by atoms with Crippen LogP contribution in [0.3, 0.4) is 0 Å². The number of hydrogen-bond acceptors (Lipinski definition) is 2. The summed E-state index contributed by atoms with van der Waals surface area (Å²) < 4.78 is 0. The van der Waals surface area contributed by atoms with E-state index in [2.05, 4.69) is 35.1 Å². The number of carbonyl (C=O) groups excluding carboxylic acids is 1. The molecule has 2 N–H and O–H groups in total. The van der Waals surface area contributed by atoms with Gasteiger partial charge in [0.25, 0.3) is 0 Å². The summed E-state index contributed by atoms with van der Waals surface area (Å²) in [5.41, 5.74) is 0. The smallest absolute Gasteiger partial charge is 0.315 e. The van der Waals surface area contributed by atoms with Crippen molar-refractivity contribution >= 4 is 17.4 Å². The van der Waals surface area contributed by atoms with Gasteiger partial charge >= 0.3 is 6.03 Å². The Morgan fingerprint density at radius 1 is 1.62 bits per heavy atom. The van der Waals surface area contributed by atoms with Crippen LogP contribution in [0.15, 0.2) is 17.5 Å². The summed E-state index contributed by atoms with van der Waals surface area (Å²) in [6.07, 6.45) is 3.32. The van der Waals surface area contributed by atoms with Crippen molar-refractivity contribution in [3.63, 3.8) is 0 Å². The van der Waals surface area contributed by atoms with Crippen molar-refractivity contribution in [1.29, 1.82) is 0 Å². The van der Waals surface area contributed by atoms with E-state index < -0.39 is 0 Å². The first-order valence-corrected chi connectivity index (χ1v) is 6.69. The van der Waals surface area contributed by atoms with E-state index in [0.717, 1.165) is 25.8 Å². The van der Waals surface area contributed by atoms with Gasteiger partial charge in [-0.05, 0) is 36.6 Å². The molecule has 0 aromatic carbocycles. The zero-order valence-electron chi connectivity index (χ0n) is 9.53. The van der Waals surface area contributed by atoms with Crippen LogP contribution in [0.5, 0.6) is 0 Å². The van der Waals surface area contributed by atoms with Crippen molar-refractivity contribution in [1.82, 2.24) is 10.6 Å². The molecule has 88 valence electrons. The van der Waals surface area contributed by atoms with Crippen LogP contribution in [0.25, 0.3) is 0 Å². The molecule has 1 heterocycles. The highest BCUT2D eigenvalue weighted by Crippen LogP contribution is 2.18. The predicted molar refractivity (Wildman–Crippen MR) is 66.7 cm³/mol. The number of amides is 2. The Balaban J connectivity index is 1.62. The van der Waals surface area contributed by atoms with Gasteiger partial charge in [0.1, 0.15) is 0 Å². The molecule has 1 fully saturated rings. The number of urea groups is 1. The lowest BCUT2D eigenvalue weighted by Gasteiger charge is -2.12. The number of rotatable bonds is 5. The zero-order chi connectivity index (χ0) is 11.4. The minimum absolute atomic E-state index is 0.0134. The molecule has 2 rings (SSSR count). The molecule has 16 heavy (non-hydrogen) atoms. The Labute approximate surface area is 100 Å². The van der Waals surface area contributed by atoms with Crippen molar-refractivity contribution < 1.29 is 4.79 Å².